The van der Waals surface area contributed by atoms with Crippen LogP contribution in [0.15, 0.2) is 24.3 Å². The third kappa shape index (κ3) is 3.18. The number of anilines is 2. The Morgan fingerprint density at radius 1 is 1.17 bits per heavy atom. The van der Waals surface area contributed by atoms with Gasteiger partial charge in [0.25, 0.3) is 0 Å². The molecule has 1 atom stereocenters. The molecule has 1 unspecified atom stereocenters. The van der Waals surface area contributed by atoms with E-state index >= 15 is 0 Å². The Morgan fingerprint density at radius 3 is 2.61 bits per heavy atom. The largest absolute Gasteiger partial charge is 0.399 e. The van der Waals surface area contributed by atoms with Gasteiger partial charge in [-0.05, 0) is 48.8 Å². The Labute approximate surface area is 111 Å². The summed E-state index contributed by atoms with van der Waals surface area (Å²) in [5.41, 5.74) is 8.46. The van der Waals surface area contributed by atoms with Crippen LogP contribution in [0.25, 0.3) is 0 Å². The summed E-state index contributed by atoms with van der Waals surface area (Å²) in [6.45, 7) is 9.43. The second-order valence-corrected chi connectivity index (χ2v) is 6.58. The van der Waals surface area contributed by atoms with Crippen LogP contribution in [0.2, 0.25) is 0 Å². The second kappa shape index (κ2) is 5.21. The molecule has 18 heavy (non-hydrogen) atoms. The van der Waals surface area contributed by atoms with E-state index in [9.17, 15) is 0 Å². The summed E-state index contributed by atoms with van der Waals surface area (Å²) in [6, 6.07) is 8.28. The van der Waals surface area contributed by atoms with Crippen LogP contribution in [0.3, 0.4) is 0 Å². The number of hydrogen-bond donors (Lipinski definition) is 1. The van der Waals surface area contributed by atoms with Gasteiger partial charge in [0.2, 0.25) is 0 Å². The number of nitrogens with zero attached hydrogens (tertiary/aromatic N) is 1. The van der Waals surface area contributed by atoms with Crippen molar-refractivity contribution in [3.05, 3.63) is 24.3 Å². The van der Waals surface area contributed by atoms with Gasteiger partial charge < -0.3 is 10.6 Å². The number of nitrogens with two attached hydrogens (primary N) is 1. The molecule has 100 valence electrons. The van der Waals surface area contributed by atoms with Crippen LogP contribution in [-0.4, -0.2) is 13.1 Å². The highest BCUT2D eigenvalue weighted by atomic mass is 15.1. The molecule has 0 bridgehead atoms. The van der Waals surface area contributed by atoms with Crippen molar-refractivity contribution in [3.8, 4) is 0 Å². The first-order valence-electron chi connectivity index (χ1n) is 7.07. The van der Waals surface area contributed by atoms with Crippen molar-refractivity contribution in [2.45, 2.75) is 40.0 Å². The fourth-order valence-electron chi connectivity index (χ4n) is 2.94. The maximum absolute atomic E-state index is 5.87. The molecule has 0 spiro atoms. The van der Waals surface area contributed by atoms with Crippen molar-refractivity contribution in [1.29, 1.82) is 0 Å². The molecule has 2 nitrogen and oxygen atoms in total. The summed E-state index contributed by atoms with van der Waals surface area (Å²) in [5, 5.41) is 0. The monoisotopic (exact) mass is 246 g/mol. The standard InChI is InChI=1S/C16H26N2/c1-16(2,3)13-6-5-10-18(11-9-13)15-8-4-7-14(17)12-15/h4,7-8,12-13H,5-6,9-11,17H2,1-3H3. The van der Waals surface area contributed by atoms with E-state index in [1.54, 1.807) is 0 Å². The SMILES string of the molecule is CC(C)(C)C1CCCN(c2cccc(N)c2)CC1. The van der Waals surface area contributed by atoms with E-state index in [2.05, 4.69) is 43.9 Å². The van der Waals surface area contributed by atoms with E-state index in [0.717, 1.165) is 24.7 Å². The summed E-state index contributed by atoms with van der Waals surface area (Å²) in [4.78, 5) is 2.49. The molecule has 2 rings (SSSR count). The lowest BCUT2D eigenvalue weighted by Gasteiger charge is -2.30. The smallest absolute Gasteiger partial charge is 0.0386 e. The van der Waals surface area contributed by atoms with Crippen molar-refractivity contribution in [2.24, 2.45) is 11.3 Å². The van der Waals surface area contributed by atoms with E-state index < -0.39 is 0 Å². The van der Waals surface area contributed by atoms with E-state index in [1.165, 1.54) is 24.9 Å². The van der Waals surface area contributed by atoms with Crippen LogP contribution in [0.4, 0.5) is 11.4 Å². The molecule has 2 heteroatoms. The molecular formula is C16H26N2. The number of nitrogen functional groups attached to an aromatic ring is 1. The van der Waals surface area contributed by atoms with Crippen LogP contribution in [-0.2, 0) is 0 Å². The van der Waals surface area contributed by atoms with Gasteiger partial charge in [-0.2, -0.15) is 0 Å². The predicted octanol–water partition coefficient (Wildman–Crippen LogP) is 3.92. The van der Waals surface area contributed by atoms with Gasteiger partial charge in [-0.1, -0.05) is 26.8 Å². The molecule has 0 saturated carbocycles. The lowest BCUT2D eigenvalue weighted by atomic mass is 9.77. The van der Waals surface area contributed by atoms with Crippen LogP contribution >= 0.6 is 0 Å². The molecule has 1 aromatic rings. The maximum Gasteiger partial charge on any atom is 0.0386 e. The van der Waals surface area contributed by atoms with Crippen molar-refractivity contribution < 1.29 is 0 Å². The lowest BCUT2D eigenvalue weighted by Crippen LogP contribution is -2.26. The molecule has 1 saturated heterocycles. The normalized spacial score (nSPS) is 21.7. The maximum atomic E-state index is 5.87. The highest BCUT2D eigenvalue weighted by Gasteiger charge is 2.27. The zero-order valence-electron chi connectivity index (χ0n) is 11.9. The summed E-state index contributed by atoms with van der Waals surface area (Å²) in [6.07, 6.45) is 3.93. The molecule has 0 aromatic heterocycles. The molecule has 0 aliphatic carbocycles. The first kappa shape index (κ1) is 13.3. The highest BCUT2D eigenvalue weighted by Crippen LogP contribution is 2.35. The van der Waals surface area contributed by atoms with Gasteiger partial charge in [-0.25, -0.2) is 0 Å². The van der Waals surface area contributed by atoms with Crippen molar-refractivity contribution >= 4 is 11.4 Å². The predicted molar refractivity (Wildman–Crippen MR) is 79.9 cm³/mol. The Morgan fingerprint density at radius 2 is 1.94 bits per heavy atom. The van der Waals surface area contributed by atoms with Crippen LogP contribution < -0.4 is 10.6 Å². The highest BCUT2D eigenvalue weighted by molar-refractivity contribution is 5.55. The van der Waals surface area contributed by atoms with Gasteiger partial charge in [-0.15, -0.1) is 0 Å². The third-order valence-corrected chi connectivity index (χ3v) is 4.19. The molecule has 1 fully saturated rings. The molecule has 1 heterocycles. The van der Waals surface area contributed by atoms with Gasteiger partial charge in [0, 0.05) is 24.5 Å². The third-order valence-electron chi connectivity index (χ3n) is 4.19. The minimum Gasteiger partial charge on any atom is -0.399 e. The minimum absolute atomic E-state index is 0.436. The molecule has 1 aliphatic heterocycles. The van der Waals surface area contributed by atoms with Crippen LogP contribution in [0.5, 0.6) is 0 Å². The number of hydrogen-bond acceptors (Lipinski definition) is 2. The Balaban J connectivity index is 2.05. The first-order valence-corrected chi connectivity index (χ1v) is 7.07. The molecule has 1 aromatic carbocycles. The molecule has 0 radical (unpaired) electrons. The lowest BCUT2D eigenvalue weighted by molar-refractivity contribution is 0.220. The summed E-state index contributed by atoms with van der Waals surface area (Å²) < 4.78 is 0. The summed E-state index contributed by atoms with van der Waals surface area (Å²) in [5.74, 6) is 0.837. The van der Waals surface area contributed by atoms with Gasteiger partial charge in [0.15, 0.2) is 0 Å². The van der Waals surface area contributed by atoms with E-state index in [0.29, 0.717) is 5.41 Å². The fourth-order valence-corrected chi connectivity index (χ4v) is 2.94. The van der Waals surface area contributed by atoms with Crippen molar-refractivity contribution in [3.63, 3.8) is 0 Å². The Hall–Kier alpha value is -1.18. The van der Waals surface area contributed by atoms with Crippen molar-refractivity contribution in [1.82, 2.24) is 0 Å². The molecule has 1 aliphatic rings. The zero-order chi connectivity index (χ0) is 13.2. The second-order valence-electron chi connectivity index (χ2n) is 6.58. The molecular weight excluding hydrogens is 220 g/mol. The topological polar surface area (TPSA) is 29.3 Å². The van der Waals surface area contributed by atoms with E-state index in [1.807, 2.05) is 6.07 Å². The van der Waals surface area contributed by atoms with Crippen LogP contribution in [0, 0.1) is 11.3 Å². The zero-order valence-corrected chi connectivity index (χ0v) is 11.9. The van der Waals surface area contributed by atoms with Gasteiger partial charge in [0.05, 0.1) is 0 Å². The average molecular weight is 246 g/mol. The quantitative estimate of drug-likeness (QED) is 0.761. The number of benzene rings is 1. The average Bonchev–Trinajstić information content (AvgIpc) is 2.53. The number of rotatable bonds is 1. The van der Waals surface area contributed by atoms with E-state index in [-0.39, 0.29) is 0 Å². The Bertz CT molecular complexity index is 392. The Kier molecular flexibility index (Phi) is 3.84. The van der Waals surface area contributed by atoms with E-state index in [4.69, 9.17) is 5.73 Å². The van der Waals surface area contributed by atoms with Gasteiger partial charge in [0.1, 0.15) is 0 Å². The fraction of sp³-hybridized carbons (Fsp3) is 0.625. The summed E-state index contributed by atoms with van der Waals surface area (Å²) in [7, 11) is 0. The first-order chi connectivity index (χ1) is 8.47. The van der Waals surface area contributed by atoms with Crippen molar-refractivity contribution in [2.75, 3.05) is 23.7 Å². The summed E-state index contributed by atoms with van der Waals surface area (Å²) >= 11 is 0. The molecule has 2 N–H and O–H groups in total. The van der Waals surface area contributed by atoms with Gasteiger partial charge in [-0.3, -0.25) is 0 Å². The molecule has 0 amide bonds. The van der Waals surface area contributed by atoms with Gasteiger partial charge >= 0.3 is 0 Å². The minimum atomic E-state index is 0.436. The van der Waals surface area contributed by atoms with Crippen LogP contribution in [0.1, 0.15) is 40.0 Å².